The summed E-state index contributed by atoms with van der Waals surface area (Å²) in [4.78, 5) is 0. The summed E-state index contributed by atoms with van der Waals surface area (Å²) < 4.78 is 69.8. The Morgan fingerprint density at radius 2 is 0.696 bits per heavy atom. The van der Waals surface area contributed by atoms with Gasteiger partial charge in [0.15, 0.2) is 11.5 Å². The van der Waals surface area contributed by atoms with Crippen molar-refractivity contribution >= 4 is 76.6 Å². The third kappa shape index (κ3) is 5.36. The highest BCUT2D eigenvalue weighted by atomic mass is 79.9. The van der Waals surface area contributed by atoms with Gasteiger partial charge < -0.3 is 37.5 Å². The molecule has 2 atom stereocenters. The van der Waals surface area contributed by atoms with Gasteiger partial charge in [0.05, 0.1) is 5.30 Å². The highest BCUT2D eigenvalue weighted by Gasteiger charge is 2.43. The summed E-state index contributed by atoms with van der Waals surface area (Å²) in [7, 11) is -4.15. The van der Waals surface area contributed by atoms with Crippen LogP contribution in [0.25, 0.3) is 0 Å². The molecule has 14 heteroatoms. The Morgan fingerprint density at radius 1 is 0.446 bits per heavy atom. The molecule has 4 aliphatic heterocycles. The van der Waals surface area contributed by atoms with Crippen LogP contribution in [0.4, 0.5) is 0 Å². The van der Waals surface area contributed by atoms with Gasteiger partial charge in [0.25, 0.3) is 0 Å². The molecule has 0 amide bonds. The lowest BCUT2D eigenvalue weighted by Gasteiger charge is -2.35. The second-order valence-corrected chi connectivity index (χ2v) is 19.8. The van der Waals surface area contributed by atoms with Crippen molar-refractivity contribution in [2.75, 3.05) is 20.4 Å². The van der Waals surface area contributed by atoms with Gasteiger partial charge in [0.2, 0.25) is 20.4 Å². The van der Waals surface area contributed by atoms with Gasteiger partial charge in [0, 0.05) is 68.2 Å². The second-order valence-electron chi connectivity index (χ2n) is 14.7. The van der Waals surface area contributed by atoms with Crippen LogP contribution in [0.5, 0.6) is 46.0 Å². The van der Waals surface area contributed by atoms with Crippen LogP contribution in [0.3, 0.4) is 0 Å². The smallest absolute Gasteiger partial charge is 0.456 e. The summed E-state index contributed by atoms with van der Waals surface area (Å²) in [5, 5.41) is 0.397. The summed E-state index contributed by atoms with van der Waals surface area (Å²) in [6.07, 6.45) is 0. The maximum atomic E-state index is 15.5. The molecule has 0 fully saturated rings. The number of halogens is 4. The number of benzene rings is 5. The van der Waals surface area contributed by atoms with Crippen molar-refractivity contribution in [1.82, 2.24) is 0 Å². The third-order valence-corrected chi connectivity index (χ3v) is 16.3. The molecule has 0 spiro atoms. The van der Waals surface area contributed by atoms with Crippen LogP contribution in [0, 0.1) is 6.92 Å². The minimum atomic E-state index is -4.15. The lowest BCUT2D eigenvalue weighted by atomic mass is 9.80. The van der Waals surface area contributed by atoms with Crippen LogP contribution in [-0.4, -0.2) is 20.4 Å². The SMILES string of the molecule is Cc1ccc(P2(=O)Oc3c4cc5c(c3Br)OCOc3c(cc6c(c3Br)OCOc3c(cc7c(c3Br)OCOc3c(cc(c(c3Br)O2)C4C)C7C)C6C)C5C)cc1. The molecule has 5 aromatic carbocycles. The zero-order chi connectivity index (χ0) is 38.9. The van der Waals surface area contributed by atoms with Gasteiger partial charge in [-0.15, -0.1) is 0 Å². The lowest BCUT2D eigenvalue weighted by Crippen LogP contribution is -2.23. The molecule has 0 aromatic heterocycles. The zero-order valence-electron chi connectivity index (χ0n) is 30.7. The largest absolute Gasteiger partial charge is 0.462 e. The number of ether oxygens (including phenoxy) is 6. The van der Waals surface area contributed by atoms with Gasteiger partial charge in [-0.25, -0.2) is 4.57 Å². The van der Waals surface area contributed by atoms with E-state index in [-0.39, 0.29) is 44.1 Å². The molecule has 4 heterocycles. The molecule has 0 N–H and O–H groups in total. The summed E-state index contributed by atoms with van der Waals surface area (Å²) in [5.41, 5.74) is 8.25. The molecular weight excluding hydrogens is 999 g/mol. The number of hydrogen-bond donors (Lipinski definition) is 0. The van der Waals surface area contributed by atoms with Crippen LogP contribution < -0.4 is 42.8 Å². The minimum Gasteiger partial charge on any atom is -0.456 e. The molecule has 0 radical (unpaired) electrons. The quantitative estimate of drug-likeness (QED) is 0.152. The normalized spacial score (nSPS) is 23.4. The van der Waals surface area contributed by atoms with E-state index in [4.69, 9.17) is 37.5 Å². The first-order chi connectivity index (χ1) is 26.9. The van der Waals surface area contributed by atoms with Crippen LogP contribution in [0.15, 0.2) is 66.4 Å². The number of hydrogen-bond acceptors (Lipinski definition) is 9. The van der Waals surface area contributed by atoms with Crippen molar-refractivity contribution in [1.29, 1.82) is 0 Å². The van der Waals surface area contributed by atoms with Gasteiger partial charge in [-0.3, -0.25) is 0 Å². The molecule has 2 unspecified atom stereocenters. The van der Waals surface area contributed by atoms with Crippen LogP contribution >= 0.6 is 71.3 Å². The molecule has 8 bridgehead atoms. The second kappa shape index (κ2) is 13.3. The van der Waals surface area contributed by atoms with Crippen LogP contribution in [0.2, 0.25) is 0 Å². The van der Waals surface area contributed by atoms with E-state index in [1.54, 1.807) is 12.1 Å². The van der Waals surface area contributed by atoms with E-state index in [1.165, 1.54) is 0 Å². The number of aryl methyl sites for hydroxylation is 1. The Labute approximate surface area is 357 Å². The van der Waals surface area contributed by atoms with Crippen molar-refractivity contribution in [2.45, 2.75) is 58.3 Å². The van der Waals surface area contributed by atoms with Crippen molar-refractivity contribution in [3.63, 3.8) is 0 Å². The fraction of sp³-hybridized carbons (Fsp3) is 0.286. The maximum absolute atomic E-state index is 15.5. The number of rotatable bonds is 1. The topological polar surface area (TPSA) is 90.9 Å². The molecule has 288 valence electrons. The first kappa shape index (κ1) is 37.0. The van der Waals surface area contributed by atoms with E-state index in [2.05, 4.69) is 116 Å². The highest BCUT2D eigenvalue weighted by molar-refractivity contribution is 9.11. The summed E-state index contributed by atoms with van der Waals surface area (Å²) in [5.74, 6) is 3.30. The van der Waals surface area contributed by atoms with E-state index in [1.807, 2.05) is 19.1 Å². The van der Waals surface area contributed by atoms with E-state index >= 15 is 4.57 Å². The Bertz CT molecular complexity index is 2450. The first-order valence-corrected chi connectivity index (χ1v) is 22.9. The van der Waals surface area contributed by atoms with Gasteiger partial charge in [-0.2, -0.15) is 0 Å². The fourth-order valence-electron chi connectivity index (χ4n) is 8.46. The average Bonchev–Trinajstić information content (AvgIpc) is 3.16. The molecule has 9 nitrogen and oxygen atoms in total. The molecule has 5 aromatic rings. The summed E-state index contributed by atoms with van der Waals surface area (Å²) in [6, 6.07) is 15.9. The van der Waals surface area contributed by atoms with Crippen LogP contribution in [-0.2, 0) is 4.57 Å². The Morgan fingerprint density at radius 3 is 0.982 bits per heavy atom. The van der Waals surface area contributed by atoms with Crippen molar-refractivity contribution < 1.29 is 42.0 Å². The summed E-state index contributed by atoms with van der Waals surface area (Å²) in [6.45, 7) is 10.2. The minimum absolute atomic E-state index is 0.0478. The van der Waals surface area contributed by atoms with Gasteiger partial charge in [0.1, 0.15) is 52.4 Å². The molecule has 5 aliphatic rings. The van der Waals surface area contributed by atoms with E-state index in [0.29, 0.717) is 69.2 Å². The lowest BCUT2D eigenvalue weighted by molar-refractivity contribution is 0.101. The Hall–Kier alpha value is -3.35. The van der Waals surface area contributed by atoms with E-state index in [9.17, 15) is 0 Å². The molecule has 0 saturated carbocycles. The van der Waals surface area contributed by atoms with Crippen molar-refractivity contribution in [3.05, 3.63) is 116 Å². The van der Waals surface area contributed by atoms with E-state index < -0.39 is 7.60 Å². The molecule has 0 saturated heterocycles. The van der Waals surface area contributed by atoms with Gasteiger partial charge in [-0.1, -0.05) is 45.4 Å². The van der Waals surface area contributed by atoms with Crippen molar-refractivity contribution in [3.8, 4) is 46.0 Å². The Balaban J connectivity index is 1.35. The Kier molecular flexibility index (Phi) is 8.81. The zero-order valence-corrected chi connectivity index (χ0v) is 37.9. The molecular formula is C42H33Br4O9P. The van der Waals surface area contributed by atoms with Gasteiger partial charge in [-0.05, 0) is 107 Å². The third-order valence-electron chi connectivity index (χ3n) is 11.7. The predicted molar refractivity (Wildman–Crippen MR) is 225 cm³/mol. The average molecular weight is 1030 g/mol. The monoisotopic (exact) mass is 1030 g/mol. The fourth-order valence-corrected chi connectivity index (χ4v) is 13.0. The molecule has 56 heavy (non-hydrogen) atoms. The molecule has 1 aliphatic carbocycles. The van der Waals surface area contributed by atoms with E-state index in [0.717, 1.165) is 50.1 Å². The highest BCUT2D eigenvalue weighted by Crippen LogP contribution is 2.63. The van der Waals surface area contributed by atoms with Crippen LogP contribution in [0.1, 0.15) is 101 Å². The van der Waals surface area contributed by atoms with Crippen molar-refractivity contribution in [2.24, 2.45) is 0 Å². The molecule has 10 rings (SSSR count). The first-order valence-electron chi connectivity index (χ1n) is 18.1. The summed E-state index contributed by atoms with van der Waals surface area (Å²) >= 11 is 15.5. The predicted octanol–water partition coefficient (Wildman–Crippen LogP) is 12.4. The maximum Gasteiger partial charge on any atom is 0.462 e. The van der Waals surface area contributed by atoms with Gasteiger partial charge >= 0.3 is 7.60 Å². The standard InChI is InChI=1S/C42H33Br4O9P/c1-17-6-8-22(9-7-17)56(47)54-41-29-12-27-19(3)25-10-23-18(2)24-11-26-20(4)28-13-30(21(29)5)42(55-56)34(46)40(28)53-16-51-38(26)32(44)36(24)49-14-48-35(23)31(43)37(25)50-15-52-39(27)33(41)45/h6-13,18-21H,14-16H2,1-5H3.